The molecule has 0 radical (unpaired) electrons. The maximum Gasteiger partial charge on any atom is 0.133 e. The Kier molecular flexibility index (Phi) is 2.70. The Morgan fingerprint density at radius 1 is 1.67 bits per heavy atom. The van der Waals surface area contributed by atoms with E-state index in [1.54, 1.807) is 0 Å². The van der Waals surface area contributed by atoms with E-state index >= 15 is 0 Å². The van der Waals surface area contributed by atoms with Crippen LogP contribution in [0.2, 0.25) is 0 Å². The van der Waals surface area contributed by atoms with Gasteiger partial charge in [0.15, 0.2) is 0 Å². The number of rotatable bonds is 4. The molecular weight excluding hydrogens is 180 g/mol. The lowest BCUT2D eigenvalue weighted by atomic mass is 10.2. The topological polar surface area (TPSA) is 17.1 Å². The van der Waals surface area contributed by atoms with Gasteiger partial charge < -0.3 is 4.79 Å². The predicted molar refractivity (Wildman–Crippen MR) is 40.7 cm³/mol. The summed E-state index contributed by atoms with van der Waals surface area (Å²) in [6.07, 6.45) is 6.00. The van der Waals surface area contributed by atoms with Crippen molar-refractivity contribution in [1.29, 1.82) is 0 Å². The molecule has 1 aliphatic rings. The van der Waals surface area contributed by atoms with Crippen LogP contribution in [0.25, 0.3) is 0 Å². The second kappa shape index (κ2) is 3.35. The Bertz CT molecular complexity index is 99.1. The number of hydrogen-bond donors (Lipinski definition) is 0. The molecule has 1 atom stereocenters. The fourth-order valence-electron chi connectivity index (χ4n) is 0.869. The van der Waals surface area contributed by atoms with E-state index in [1.165, 1.54) is 19.3 Å². The van der Waals surface area contributed by atoms with E-state index in [9.17, 15) is 4.79 Å². The molecule has 0 aromatic carbocycles. The summed E-state index contributed by atoms with van der Waals surface area (Å²) in [5.41, 5.74) is 0. The zero-order chi connectivity index (χ0) is 6.69. The molecule has 1 aliphatic carbocycles. The molecule has 1 unspecified atom stereocenters. The van der Waals surface area contributed by atoms with Gasteiger partial charge >= 0.3 is 0 Å². The summed E-state index contributed by atoms with van der Waals surface area (Å²) < 4.78 is 0. The van der Waals surface area contributed by atoms with Crippen molar-refractivity contribution in [2.24, 2.45) is 5.92 Å². The Morgan fingerprint density at radius 2 is 2.33 bits per heavy atom. The molecule has 0 amide bonds. The van der Waals surface area contributed by atoms with Crippen molar-refractivity contribution < 1.29 is 4.79 Å². The van der Waals surface area contributed by atoms with Gasteiger partial charge in [-0.3, -0.25) is 0 Å². The van der Waals surface area contributed by atoms with Crippen molar-refractivity contribution in [1.82, 2.24) is 0 Å². The predicted octanol–water partition coefficient (Wildman–Crippen LogP) is 2.14. The largest absolute Gasteiger partial charge is 0.302 e. The quantitative estimate of drug-likeness (QED) is 0.491. The van der Waals surface area contributed by atoms with Gasteiger partial charge in [-0.05, 0) is 18.8 Å². The number of halogens is 1. The first-order valence-electron chi connectivity index (χ1n) is 3.42. The van der Waals surface area contributed by atoms with Gasteiger partial charge in [0.25, 0.3) is 0 Å². The molecule has 1 nitrogen and oxygen atoms in total. The average Bonchev–Trinajstić information content (AvgIpc) is 2.65. The Balaban J connectivity index is 1.95. The van der Waals surface area contributed by atoms with E-state index in [0.717, 1.165) is 18.6 Å². The van der Waals surface area contributed by atoms with Crippen molar-refractivity contribution >= 4 is 22.2 Å². The molecule has 0 heterocycles. The highest BCUT2D eigenvalue weighted by Gasteiger charge is 2.21. The van der Waals surface area contributed by atoms with Crippen molar-refractivity contribution in [2.45, 2.75) is 30.5 Å². The summed E-state index contributed by atoms with van der Waals surface area (Å²) in [5, 5.41) is 0. The fourth-order valence-corrected chi connectivity index (χ4v) is 1.13. The van der Waals surface area contributed by atoms with Crippen molar-refractivity contribution in [3.8, 4) is 0 Å². The van der Waals surface area contributed by atoms with Gasteiger partial charge in [-0.2, -0.15) is 0 Å². The van der Waals surface area contributed by atoms with Crippen LogP contribution in [0.4, 0.5) is 0 Å². The molecular formula is C7H11BrO. The molecule has 0 saturated heterocycles. The third-order valence-electron chi connectivity index (χ3n) is 1.70. The van der Waals surface area contributed by atoms with Gasteiger partial charge in [0.1, 0.15) is 6.29 Å². The number of carbonyl (C=O) groups is 1. The zero-order valence-electron chi connectivity index (χ0n) is 5.35. The van der Waals surface area contributed by atoms with E-state index < -0.39 is 0 Å². The van der Waals surface area contributed by atoms with Gasteiger partial charge in [0.05, 0.1) is 4.83 Å². The average molecular weight is 191 g/mol. The minimum Gasteiger partial charge on any atom is -0.302 e. The SMILES string of the molecule is O=CC(Br)CCC1CC1. The van der Waals surface area contributed by atoms with E-state index in [0.29, 0.717) is 0 Å². The molecule has 1 rings (SSSR count). The van der Waals surface area contributed by atoms with E-state index in [-0.39, 0.29) is 4.83 Å². The third kappa shape index (κ3) is 2.99. The van der Waals surface area contributed by atoms with Crippen LogP contribution in [0.15, 0.2) is 0 Å². The van der Waals surface area contributed by atoms with Gasteiger partial charge in [-0.15, -0.1) is 0 Å². The smallest absolute Gasteiger partial charge is 0.133 e. The Hall–Kier alpha value is 0.150. The molecule has 0 bridgehead atoms. The number of alkyl halides is 1. The molecule has 0 aliphatic heterocycles. The zero-order valence-corrected chi connectivity index (χ0v) is 6.93. The van der Waals surface area contributed by atoms with E-state index in [1.807, 2.05) is 0 Å². The van der Waals surface area contributed by atoms with Crippen LogP contribution in [0.3, 0.4) is 0 Å². The van der Waals surface area contributed by atoms with E-state index in [2.05, 4.69) is 15.9 Å². The summed E-state index contributed by atoms with van der Waals surface area (Å²) in [6, 6.07) is 0. The molecule has 0 aromatic heterocycles. The second-order valence-corrected chi connectivity index (χ2v) is 3.85. The normalized spacial score (nSPS) is 21.4. The maximum absolute atomic E-state index is 10.1. The minimum absolute atomic E-state index is 0.109. The molecule has 1 fully saturated rings. The van der Waals surface area contributed by atoms with Gasteiger partial charge in [-0.25, -0.2) is 0 Å². The Morgan fingerprint density at radius 3 is 2.78 bits per heavy atom. The highest BCUT2D eigenvalue weighted by molar-refractivity contribution is 9.09. The van der Waals surface area contributed by atoms with Crippen LogP contribution in [-0.4, -0.2) is 11.1 Å². The summed E-state index contributed by atoms with van der Waals surface area (Å²) in [6.45, 7) is 0. The summed E-state index contributed by atoms with van der Waals surface area (Å²) >= 11 is 3.26. The van der Waals surface area contributed by atoms with Gasteiger partial charge in [0.2, 0.25) is 0 Å². The lowest BCUT2D eigenvalue weighted by Gasteiger charge is -1.97. The van der Waals surface area contributed by atoms with Crippen molar-refractivity contribution in [2.75, 3.05) is 0 Å². The van der Waals surface area contributed by atoms with Crippen LogP contribution < -0.4 is 0 Å². The molecule has 0 spiro atoms. The maximum atomic E-state index is 10.1. The van der Waals surface area contributed by atoms with Crippen LogP contribution >= 0.6 is 15.9 Å². The number of carbonyl (C=O) groups excluding carboxylic acids is 1. The highest BCUT2D eigenvalue weighted by Crippen LogP contribution is 2.34. The van der Waals surface area contributed by atoms with Crippen molar-refractivity contribution in [3.05, 3.63) is 0 Å². The van der Waals surface area contributed by atoms with Gasteiger partial charge in [-0.1, -0.05) is 28.8 Å². The lowest BCUT2D eigenvalue weighted by Crippen LogP contribution is -1.98. The minimum atomic E-state index is 0.109. The van der Waals surface area contributed by atoms with Crippen LogP contribution in [-0.2, 0) is 4.79 Å². The first kappa shape index (κ1) is 7.26. The first-order chi connectivity index (χ1) is 4.33. The molecule has 52 valence electrons. The van der Waals surface area contributed by atoms with Crippen molar-refractivity contribution in [3.63, 3.8) is 0 Å². The summed E-state index contributed by atoms with van der Waals surface area (Å²) in [5.74, 6) is 0.949. The second-order valence-electron chi connectivity index (χ2n) is 2.67. The highest BCUT2D eigenvalue weighted by atomic mass is 79.9. The first-order valence-corrected chi connectivity index (χ1v) is 4.34. The third-order valence-corrected chi connectivity index (χ3v) is 2.37. The fraction of sp³-hybridized carbons (Fsp3) is 0.857. The van der Waals surface area contributed by atoms with Crippen LogP contribution in [0.5, 0.6) is 0 Å². The molecule has 9 heavy (non-hydrogen) atoms. The summed E-state index contributed by atoms with van der Waals surface area (Å²) in [4.78, 5) is 10.2. The monoisotopic (exact) mass is 190 g/mol. The summed E-state index contributed by atoms with van der Waals surface area (Å²) in [7, 11) is 0. The standard InChI is InChI=1S/C7H11BrO/c8-7(5-9)4-3-6-1-2-6/h5-7H,1-4H2. The molecule has 2 heteroatoms. The van der Waals surface area contributed by atoms with E-state index in [4.69, 9.17) is 0 Å². The Labute approximate surface area is 64.0 Å². The lowest BCUT2D eigenvalue weighted by molar-refractivity contribution is -0.107. The molecule has 0 aromatic rings. The molecule has 0 N–H and O–H groups in total. The van der Waals surface area contributed by atoms with Gasteiger partial charge in [0, 0.05) is 0 Å². The number of aldehydes is 1. The number of hydrogen-bond acceptors (Lipinski definition) is 1. The molecule has 1 saturated carbocycles. The van der Waals surface area contributed by atoms with Crippen LogP contribution in [0.1, 0.15) is 25.7 Å². The van der Waals surface area contributed by atoms with Crippen LogP contribution in [0, 0.1) is 5.92 Å².